The molecule has 0 aliphatic carbocycles. The van der Waals surface area contributed by atoms with Crippen LogP contribution in [0.2, 0.25) is 0 Å². The largest absolute Gasteiger partial charge is 0.508 e. The molecule has 2 rings (SSSR count). The SMILES string of the molecule is O=C(O)[C@H](Cc1ccc(Oc2ccc(O)cc2)cc1)N[125I]. The van der Waals surface area contributed by atoms with Gasteiger partial charge < -0.3 is 14.9 Å². The fraction of sp³-hybridized carbons (Fsp3) is 0.133. The lowest BCUT2D eigenvalue weighted by Gasteiger charge is -2.11. The third-order valence-electron chi connectivity index (χ3n) is 2.87. The minimum Gasteiger partial charge on any atom is -0.508 e. The van der Waals surface area contributed by atoms with E-state index in [1.165, 1.54) is 0 Å². The Morgan fingerprint density at radius 2 is 1.62 bits per heavy atom. The molecule has 0 fully saturated rings. The van der Waals surface area contributed by atoms with Gasteiger partial charge in [0.15, 0.2) is 0 Å². The lowest BCUT2D eigenvalue weighted by atomic mass is 10.1. The van der Waals surface area contributed by atoms with Crippen molar-refractivity contribution in [2.45, 2.75) is 12.5 Å². The van der Waals surface area contributed by atoms with Gasteiger partial charge in [0, 0.05) is 22.9 Å². The van der Waals surface area contributed by atoms with Crippen LogP contribution in [0, 0.1) is 0 Å². The Labute approximate surface area is 136 Å². The van der Waals surface area contributed by atoms with Crippen molar-refractivity contribution in [2.24, 2.45) is 0 Å². The summed E-state index contributed by atoms with van der Waals surface area (Å²) in [6, 6.07) is 13.1. The van der Waals surface area contributed by atoms with Crippen molar-refractivity contribution in [3.63, 3.8) is 0 Å². The highest BCUT2D eigenvalue weighted by Crippen LogP contribution is 2.23. The van der Waals surface area contributed by atoms with Crippen molar-refractivity contribution < 1.29 is 19.7 Å². The number of phenolic OH excluding ortho intramolecular Hbond substituents is 1. The molecule has 0 aromatic heterocycles. The van der Waals surface area contributed by atoms with Crippen LogP contribution in [0.3, 0.4) is 0 Å². The number of carboxylic acid groups (broad SMARTS) is 1. The fourth-order valence-corrected chi connectivity index (χ4v) is 2.24. The van der Waals surface area contributed by atoms with Gasteiger partial charge in [-0.25, -0.2) is 3.53 Å². The first-order valence-corrected chi connectivity index (χ1v) is 7.31. The van der Waals surface area contributed by atoms with E-state index in [1.54, 1.807) is 36.4 Å². The first-order chi connectivity index (χ1) is 10.1. The second-order valence-electron chi connectivity index (χ2n) is 4.44. The Kier molecular flexibility index (Phi) is 5.40. The molecule has 2 aromatic rings. The zero-order valence-electron chi connectivity index (χ0n) is 11.0. The van der Waals surface area contributed by atoms with E-state index in [-0.39, 0.29) is 5.75 Å². The number of benzene rings is 2. The minimum absolute atomic E-state index is 0.184. The normalized spacial score (nSPS) is 11.9. The molecule has 0 unspecified atom stereocenters. The summed E-state index contributed by atoms with van der Waals surface area (Å²) >= 11 is 1.84. The van der Waals surface area contributed by atoms with Gasteiger partial charge in [0.05, 0.1) is 0 Å². The monoisotopic (exact) mass is 397 g/mol. The number of carboxylic acids is 1. The zero-order valence-corrected chi connectivity index (χ0v) is 13.1. The van der Waals surface area contributed by atoms with Crippen molar-refractivity contribution in [1.29, 1.82) is 0 Å². The Morgan fingerprint density at radius 1 is 1.10 bits per heavy atom. The maximum atomic E-state index is 11.0. The highest BCUT2D eigenvalue weighted by molar-refractivity contribution is 14.1. The number of hydrogen-bond donors (Lipinski definition) is 3. The van der Waals surface area contributed by atoms with Crippen LogP contribution in [-0.2, 0) is 11.2 Å². The van der Waals surface area contributed by atoms with Crippen LogP contribution in [0.5, 0.6) is 17.2 Å². The number of phenols is 1. The summed E-state index contributed by atoms with van der Waals surface area (Å²) in [4.78, 5) is 11.0. The molecular weight excluding hydrogens is 383 g/mol. The van der Waals surface area contributed by atoms with E-state index in [2.05, 4.69) is 3.53 Å². The fourth-order valence-electron chi connectivity index (χ4n) is 1.75. The number of ether oxygens (including phenoxy) is 1. The Balaban J connectivity index is 2.01. The number of nitrogens with one attached hydrogen (secondary N) is 1. The Bertz CT molecular complexity index is 598. The van der Waals surface area contributed by atoms with Crippen molar-refractivity contribution in [3.8, 4) is 17.2 Å². The Hall–Kier alpha value is -1.80. The minimum atomic E-state index is -0.881. The van der Waals surface area contributed by atoms with Gasteiger partial charge in [-0.2, -0.15) is 0 Å². The van der Waals surface area contributed by atoms with Gasteiger partial charge in [0.2, 0.25) is 0 Å². The summed E-state index contributed by atoms with van der Waals surface area (Å²) < 4.78 is 8.35. The molecule has 0 radical (unpaired) electrons. The zero-order chi connectivity index (χ0) is 15.2. The first-order valence-electron chi connectivity index (χ1n) is 6.23. The first kappa shape index (κ1) is 15.6. The average Bonchev–Trinajstić information content (AvgIpc) is 2.48. The standard InChI is InChI=1S/C15H14INO4/c16-17-14(15(19)20)9-10-1-5-12(6-2-10)21-13-7-3-11(18)4-8-13/h1-8,14,17-18H,9H2,(H,19,20)/t14-/m0/s1/i16-2. The van der Waals surface area contributed by atoms with E-state index in [9.17, 15) is 9.90 Å². The maximum absolute atomic E-state index is 11.0. The maximum Gasteiger partial charge on any atom is 0.321 e. The van der Waals surface area contributed by atoms with Gasteiger partial charge in [0.1, 0.15) is 23.3 Å². The predicted molar refractivity (Wildman–Crippen MR) is 86.9 cm³/mol. The summed E-state index contributed by atoms with van der Waals surface area (Å²) in [5, 5.41) is 18.2. The van der Waals surface area contributed by atoms with Crippen molar-refractivity contribution in [2.75, 3.05) is 0 Å². The molecule has 0 spiro atoms. The van der Waals surface area contributed by atoms with E-state index >= 15 is 0 Å². The van der Waals surface area contributed by atoms with E-state index in [1.807, 2.05) is 35.0 Å². The number of hydrogen-bond acceptors (Lipinski definition) is 4. The quantitative estimate of drug-likeness (QED) is 0.516. The average molecular weight is 397 g/mol. The lowest BCUT2D eigenvalue weighted by molar-refractivity contribution is -0.138. The lowest BCUT2D eigenvalue weighted by Crippen LogP contribution is -2.32. The second kappa shape index (κ2) is 7.28. The molecule has 3 N–H and O–H groups in total. The summed E-state index contributed by atoms with van der Waals surface area (Å²) in [6.07, 6.45) is 0.401. The van der Waals surface area contributed by atoms with Crippen molar-refractivity contribution >= 4 is 28.8 Å². The smallest absolute Gasteiger partial charge is 0.321 e. The van der Waals surface area contributed by atoms with Gasteiger partial charge in [-0.1, -0.05) is 12.1 Å². The predicted octanol–water partition coefficient (Wildman–Crippen LogP) is 3.12. The molecule has 0 bridgehead atoms. The Morgan fingerprint density at radius 3 is 2.10 bits per heavy atom. The molecule has 1 atom stereocenters. The van der Waals surface area contributed by atoms with Crippen molar-refractivity contribution in [3.05, 3.63) is 54.1 Å². The van der Waals surface area contributed by atoms with Crippen LogP contribution in [0.4, 0.5) is 0 Å². The molecule has 0 saturated carbocycles. The number of halogens is 1. The van der Waals surface area contributed by atoms with Crippen LogP contribution >= 0.6 is 22.9 Å². The van der Waals surface area contributed by atoms with E-state index < -0.39 is 12.0 Å². The molecule has 0 aliphatic heterocycles. The molecule has 0 aliphatic rings. The molecule has 6 heteroatoms. The van der Waals surface area contributed by atoms with Crippen molar-refractivity contribution in [1.82, 2.24) is 3.53 Å². The highest BCUT2D eigenvalue weighted by Gasteiger charge is 2.15. The van der Waals surface area contributed by atoms with Crippen LogP contribution < -0.4 is 8.27 Å². The highest BCUT2D eigenvalue weighted by atomic mass is 125. The number of aliphatic carboxylic acids is 1. The third-order valence-corrected chi connectivity index (χ3v) is 3.62. The van der Waals surface area contributed by atoms with Crippen LogP contribution in [-0.4, -0.2) is 22.2 Å². The topological polar surface area (TPSA) is 78.8 Å². The number of rotatable bonds is 6. The molecular formula is C15H14INO4. The summed E-state index contributed by atoms with van der Waals surface area (Å²) in [7, 11) is 0. The summed E-state index contributed by atoms with van der Waals surface area (Å²) in [5.74, 6) is 0.578. The van der Waals surface area contributed by atoms with Crippen LogP contribution in [0.1, 0.15) is 5.56 Å². The van der Waals surface area contributed by atoms with Crippen LogP contribution in [0.25, 0.3) is 0 Å². The second-order valence-corrected chi connectivity index (χ2v) is 5.07. The molecule has 0 saturated heterocycles. The van der Waals surface area contributed by atoms with E-state index in [4.69, 9.17) is 9.84 Å². The third kappa shape index (κ3) is 4.61. The van der Waals surface area contributed by atoms with E-state index in [0.29, 0.717) is 17.9 Å². The van der Waals surface area contributed by atoms with Gasteiger partial charge >= 0.3 is 5.97 Å². The number of carbonyl (C=O) groups is 1. The molecule has 5 nitrogen and oxygen atoms in total. The summed E-state index contributed by atoms with van der Waals surface area (Å²) in [6.45, 7) is 0. The van der Waals surface area contributed by atoms with Gasteiger partial charge in [-0.3, -0.25) is 4.79 Å². The van der Waals surface area contributed by atoms with Gasteiger partial charge in [-0.15, -0.1) is 0 Å². The summed E-state index contributed by atoms with van der Waals surface area (Å²) in [5.41, 5.74) is 0.907. The molecule has 110 valence electrons. The molecule has 2 aromatic carbocycles. The van der Waals surface area contributed by atoms with E-state index in [0.717, 1.165) is 5.56 Å². The van der Waals surface area contributed by atoms with Crippen LogP contribution in [0.15, 0.2) is 48.5 Å². The molecule has 21 heavy (non-hydrogen) atoms. The number of aromatic hydroxyl groups is 1. The van der Waals surface area contributed by atoms with Gasteiger partial charge in [0.25, 0.3) is 0 Å². The molecule has 0 heterocycles. The van der Waals surface area contributed by atoms with Gasteiger partial charge in [-0.05, 0) is 48.4 Å². The molecule has 0 amide bonds.